The van der Waals surface area contributed by atoms with E-state index in [9.17, 15) is 20.4 Å². The molecule has 0 aromatic rings. The lowest BCUT2D eigenvalue weighted by molar-refractivity contribution is -0.00546. The fourth-order valence-electron chi connectivity index (χ4n) is 8.14. The second-order valence-electron chi connectivity index (χ2n) is 13.8. The summed E-state index contributed by atoms with van der Waals surface area (Å²) in [5, 5.41) is 40.5. The van der Waals surface area contributed by atoms with Gasteiger partial charge in [0, 0.05) is 15.9 Å². The number of fused-ring (bicyclic) bond motifs is 5. The van der Waals surface area contributed by atoms with E-state index >= 15 is 0 Å². The Kier molecular flexibility index (Phi) is 10.2. The van der Waals surface area contributed by atoms with Crippen molar-refractivity contribution in [2.75, 3.05) is 24.7 Å². The van der Waals surface area contributed by atoms with Gasteiger partial charge in [-0.05, 0) is 107 Å². The molecule has 222 valence electrons. The molecule has 0 radical (unpaired) electrons. The van der Waals surface area contributed by atoms with Crippen LogP contribution in [0.15, 0.2) is 34.9 Å². The highest BCUT2D eigenvalue weighted by Crippen LogP contribution is 2.65. The van der Waals surface area contributed by atoms with Crippen LogP contribution in [0, 0.1) is 22.7 Å². The minimum absolute atomic E-state index is 0.169. The van der Waals surface area contributed by atoms with E-state index < -0.39 is 11.2 Å². The number of thioether (sulfide) groups is 2. The molecule has 2 saturated carbocycles. The van der Waals surface area contributed by atoms with E-state index in [1.165, 1.54) is 32.1 Å². The van der Waals surface area contributed by atoms with Crippen molar-refractivity contribution >= 4 is 23.5 Å². The second-order valence-corrected chi connectivity index (χ2v) is 16.5. The molecule has 2 fully saturated rings. The maximum absolute atomic E-state index is 10.3. The Labute approximate surface area is 246 Å². The lowest BCUT2D eigenvalue weighted by atomic mass is 9.50. The van der Waals surface area contributed by atoms with Crippen molar-refractivity contribution < 1.29 is 20.4 Å². The highest BCUT2D eigenvalue weighted by molar-refractivity contribution is 8.00. The van der Waals surface area contributed by atoms with Gasteiger partial charge in [-0.1, -0.05) is 55.7 Å². The predicted molar refractivity (Wildman–Crippen MR) is 167 cm³/mol. The van der Waals surface area contributed by atoms with Crippen LogP contribution >= 0.6 is 23.5 Å². The highest BCUT2D eigenvalue weighted by atomic mass is 32.2. The van der Waals surface area contributed by atoms with Crippen molar-refractivity contribution in [1.29, 1.82) is 0 Å². The molecule has 0 heterocycles. The minimum Gasteiger partial charge on any atom is -0.393 e. The molecule has 4 aliphatic carbocycles. The standard InChI is InChI=1S/C33H54O4S2/c1-6-23-10-12-27-26-11-9-24-19-25(38-17-7-14-30(2,36)21-34)20-29(39-18-8-15-31(3,37)22-35)33(24,5)28(26)13-16-32(23,27)4/h9-11,25,27-29,34-37H,6-8,12-22H2,1-5H3/t25?,27-,28-,29?,30?,31?,32+,33-/m0/s1. The summed E-state index contributed by atoms with van der Waals surface area (Å²) < 4.78 is 0. The van der Waals surface area contributed by atoms with Crippen molar-refractivity contribution in [2.45, 2.75) is 121 Å². The Morgan fingerprint density at radius 3 is 2.21 bits per heavy atom. The summed E-state index contributed by atoms with van der Waals surface area (Å²) in [5.41, 5.74) is 3.55. The fraction of sp³-hybridized carbons (Fsp3) is 0.818. The molecule has 0 bridgehead atoms. The zero-order chi connectivity index (χ0) is 28.5. The maximum atomic E-state index is 10.3. The molecule has 0 aromatic heterocycles. The van der Waals surface area contributed by atoms with Crippen LogP contribution in [0.1, 0.15) is 98.8 Å². The van der Waals surface area contributed by atoms with Crippen LogP contribution in [-0.2, 0) is 0 Å². The number of allylic oxidation sites excluding steroid dienone is 6. The van der Waals surface area contributed by atoms with Crippen molar-refractivity contribution in [2.24, 2.45) is 22.7 Å². The quantitative estimate of drug-likeness (QED) is 0.144. The van der Waals surface area contributed by atoms with Crippen molar-refractivity contribution in [1.82, 2.24) is 0 Å². The van der Waals surface area contributed by atoms with Gasteiger partial charge in [0.25, 0.3) is 0 Å². The third-order valence-electron chi connectivity index (χ3n) is 10.8. The summed E-state index contributed by atoms with van der Waals surface area (Å²) in [6.07, 6.45) is 18.0. The van der Waals surface area contributed by atoms with Gasteiger partial charge in [0.1, 0.15) is 0 Å². The van der Waals surface area contributed by atoms with Gasteiger partial charge in [-0.15, -0.1) is 0 Å². The van der Waals surface area contributed by atoms with Crippen LogP contribution in [0.5, 0.6) is 0 Å². The number of hydrogen-bond acceptors (Lipinski definition) is 6. The highest BCUT2D eigenvalue weighted by Gasteiger charge is 2.56. The molecule has 8 atom stereocenters. The van der Waals surface area contributed by atoms with Gasteiger partial charge in [-0.25, -0.2) is 0 Å². The van der Waals surface area contributed by atoms with Gasteiger partial charge in [-0.3, -0.25) is 0 Å². The monoisotopic (exact) mass is 578 g/mol. The van der Waals surface area contributed by atoms with Crippen LogP contribution < -0.4 is 0 Å². The first-order valence-corrected chi connectivity index (χ1v) is 17.5. The number of hydrogen-bond donors (Lipinski definition) is 4. The molecule has 0 aromatic carbocycles. The van der Waals surface area contributed by atoms with E-state index in [-0.39, 0.29) is 18.6 Å². The molecular weight excluding hydrogens is 524 g/mol. The smallest absolute Gasteiger partial charge is 0.0849 e. The summed E-state index contributed by atoms with van der Waals surface area (Å²) in [6, 6.07) is 0. The van der Waals surface area contributed by atoms with Crippen molar-refractivity contribution in [3.8, 4) is 0 Å². The van der Waals surface area contributed by atoms with Gasteiger partial charge in [0.2, 0.25) is 0 Å². The van der Waals surface area contributed by atoms with Crippen LogP contribution in [-0.4, -0.2) is 66.8 Å². The molecule has 4 aliphatic rings. The molecule has 0 amide bonds. The van der Waals surface area contributed by atoms with E-state index in [2.05, 4.69) is 62.5 Å². The molecular formula is C33H54O4S2. The van der Waals surface area contributed by atoms with Gasteiger partial charge < -0.3 is 20.4 Å². The average Bonchev–Trinajstić information content (AvgIpc) is 3.25. The van der Waals surface area contributed by atoms with Gasteiger partial charge in [0.15, 0.2) is 0 Å². The van der Waals surface area contributed by atoms with Crippen molar-refractivity contribution in [3.63, 3.8) is 0 Å². The second kappa shape index (κ2) is 12.6. The normalized spacial score (nSPS) is 37.0. The number of rotatable bonds is 13. The zero-order valence-corrected chi connectivity index (χ0v) is 26.7. The Hall–Kier alpha value is -0.240. The molecule has 0 saturated heterocycles. The van der Waals surface area contributed by atoms with E-state index in [0.29, 0.717) is 40.6 Å². The molecule has 4 nitrogen and oxygen atoms in total. The SMILES string of the molecule is CCC1=CC[C@H]2C3=CC=C4CC(SCCCC(C)(O)CO)CC(SCCCC(C)(O)CO)[C@]4(C)[C@H]3CC[C@]12C. The van der Waals surface area contributed by atoms with E-state index in [0.717, 1.165) is 30.8 Å². The molecule has 4 rings (SSSR count). The van der Waals surface area contributed by atoms with Crippen LogP contribution in [0.25, 0.3) is 0 Å². The molecule has 39 heavy (non-hydrogen) atoms. The largest absolute Gasteiger partial charge is 0.393 e. The van der Waals surface area contributed by atoms with Crippen LogP contribution in [0.3, 0.4) is 0 Å². The Morgan fingerprint density at radius 1 is 0.949 bits per heavy atom. The summed E-state index contributed by atoms with van der Waals surface area (Å²) in [6.45, 7) is 10.5. The number of aliphatic hydroxyl groups is 4. The van der Waals surface area contributed by atoms with Gasteiger partial charge >= 0.3 is 0 Å². The third kappa shape index (κ3) is 6.57. The van der Waals surface area contributed by atoms with E-state index in [4.69, 9.17) is 0 Å². The molecule has 0 aliphatic heterocycles. The first kappa shape index (κ1) is 31.7. The van der Waals surface area contributed by atoms with Crippen LogP contribution in [0.4, 0.5) is 0 Å². The Bertz CT molecular complexity index is 953. The van der Waals surface area contributed by atoms with E-state index in [1.807, 2.05) is 0 Å². The van der Waals surface area contributed by atoms with E-state index in [1.54, 1.807) is 30.6 Å². The molecule has 4 N–H and O–H groups in total. The zero-order valence-electron chi connectivity index (χ0n) is 25.0. The van der Waals surface area contributed by atoms with Crippen molar-refractivity contribution in [3.05, 3.63) is 34.9 Å². The first-order chi connectivity index (χ1) is 18.4. The summed E-state index contributed by atoms with van der Waals surface area (Å²) in [4.78, 5) is 0. The van der Waals surface area contributed by atoms with Gasteiger partial charge in [0.05, 0.1) is 24.4 Å². The lowest BCUT2D eigenvalue weighted by Gasteiger charge is -2.57. The predicted octanol–water partition coefficient (Wildman–Crippen LogP) is 6.68. The molecule has 6 heteroatoms. The number of aliphatic hydroxyl groups excluding tert-OH is 2. The first-order valence-electron chi connectivity index (χ1n) is 15.4. The van der Waals surface area contributed by atoms with Crippen LogP contribution in [0.2, 0.25) is 0 Å². The summed E-state index contributed by atoms with van der Waals surface area (Å²) >= 11 is 4.16. The summed E-state index contributed by atoms with van der Waals surface area (Å²) in [7, 11) is 0. The van der Waals surface area contributed by atoms with Gasteiger partial charge in [-0.2, -0.15) is 23.5 Å². The lowest BCUT2D eigenvalue weighted by Crippen LogP contribution is -2.50. The third-order valence-corrected chi connectivity index (χ3v) is 13.8. The maximum Gasteiger partial charge on any atom is 0.0849 e. The fourth-order valence-corrected chi connectivity index (χ4v) is 11.2. The minimum atomic E-state index is -0.989. The average molecular weight is 579 g/mol. The topological polar surface area (TPSA) is 80.9 Å². The Balaban J connectivity index is 1.51. The molecule has 4 unspecified atom stereocenters. The Morgan fingerprint density at radius 2 is 1.59 bits per heavy atom. The summed E-state index contributed by atoms with van der Waals surface area (Å²) in [5.74, 6) is 3.29. The molecule has 0 spiro atoms.